The minimum Gasteiger partial charge on any atom is -0.497 e. The predicted molar refractivity (Wildman–Crippen MR) is 153 cm³/mol. The number of amides is 1. The van der Waals surface area contributed by atoms with E-state index in [2.05, 4.69) is 22.3 Å². The molecule has 38 heavy (non-hydrogen) atoms. The summed E-state index contributed by atoms with van der Waals surface area (Å²) in [6.07, 6.45) is 7.81. The number of methoxy groups -OCH3 is 2. The molecule has 204 valence electrons. The van der Waals surface area contributed by atoms with Crippen molar-refractivity contribution in [3.05, 3.63) is 59.7 Å². The Hall–Kier alpha value is -4.03. The Morgan fingerprint density at radius 1 is 1.13 bits per heavy atom. The number of ether oxygens (including phenoxy) is 2. The maximum Gasteiger partial charge on any atom is 0.223 e. The number of rotatable bonds is 14. The third kappa shape index (κ3) is 10.5. The van der Waals surface area contributed by atoms with Crippen molar-refractivity contribution < 1.29 is 14.3 Å². The molecule has 0 aliphatic heterocycles. The van der Waals surface area contributed by atoms with Crippen LogP contribution in [0.3, 0.4) is 0 Å². The van der Waals surface area contributed by atoms with Crippen LogP contribution in [0.25, 0.3) is 6.08 Å². The number of guanidine groups is 1. The van der Waals surface area contributed by atoms with Gasteiger partial charge in [-0.3, -0.25) is 4.79 Å². The first-order valence-corrected chi connectivity index (χ1v) is 12.7. The maximum absolute atomic E-state index is 12.2. The number of nitrogens with zero attached hydrogens (tertiary/aromatic N) is 4. The zero-order valence-electron chi connectivity index (χ0n) is 23.1. The van der Waals surface area contributed by atoms with Crippen LogP contribution in [0.4, 0.5) is 5.69 Å². The topological polar surface area (TPSA) is 116 Å². The SMILES string of the molecule is COc1cc(CCN(C)CCCNC(=O)C/C=C/c2ccc(N(C#N)C(N)=NC(C)C)cc2)cc(OC)c1. The average Bonchev–Trinajstić information content (AvgIpc) is 2.90. The van der Waals surface area contributed by atoms with Gasteiger partial charge in [-0.05, 0) is 75.7 Å². The summed E-state index contributed by atoms with van der Waals surface area (Å²) in [6, 6.07) is 13.2. The lowest BCUT2D eigenvalue weighted by Gasteiger charge is -2.17. The highest BCUT2D eigenvalue weighted by atomic mass is 16.5. The molecule has 0 heterocycles. The monoisotopic (exact) mass is 520 g/mol. The summed E-state index contributed by atoms with van der Waals surface area (Å²) in [6.45, 7) is 6.20. The van der Waals surface area contributed by atoms with E-state index < -0.39 is 0 Å². The molecular weight excluding hydrogens is 480 g/mol. The highest BCUT2D eigenvalue weighted by Crippen LogP contribution is 2.23. The van der Waals surface area contributed by atoms with Gasteiger partial charge in [0.05, 0.1) is 19.9 Å². The highest BCUT2D eigenvalue weighted by Gasteiger charge is 2.10. The Morgan fingerprint density at radius 2 is 1.79 bits per heavy atom. The van der Waals surface area contributed by atoms with E-state index in [-0.39, 0.29) is 17.9 Å². The smallest absolute Gasteiger partial charge is 0.223 e. The second-order valence-corrected chi connectivity index (χ2v) is 9.19. The zero-order chi connectivity index (χ0) is 27.9. The quantitative estimate of drug-likeness (QED) is 0.128. The van der Waals surface area contributed by atoms with Crippen LogP contribution in [0.1, 0.15) is 37.8 Å². The number of hydrogen-bond acceptors (Lipinski definition) is 6. The van der Waals surface area contributed by atoms with Gasteiger partial charge in [0.1, 0.15) is 11.5 Å². The van der Waals surface area contributed by atoms with Gasteiger partial charge < -0.3 is 25.4 Å². The van der Waals surface area contributed by atoms with Gasteiger partial charge in [-0.25, -0.2) is 9.89 Å². The maximum atomic E-state index is 12.2. The number of carbonyl (C=O) groups is 1. The second-order valence-electron chi connectivity index (χ2n) is 9.19. The van der Waals surface area contributed by atoms with Crippen LogP contribution in [0.2, 0.25) is 0 Å². The molecule has 9 nitrogen and oxygen atoms in total. The fourth-order valence-electron chi connectivity index (χ4n) is 3.69. The molecule has 0 radical (unpaired) electrons. The molecule has 2 aromatic carbocycles. The summed E-state index contributed by atoms with van der Waals surface area (Å²) in [4.78, 5) is 19.9. The number of nitrogens with two attached hydrogens (primary N) is 1. The van der Waals surface area contributed by atoms with E-state index in [1.807, 2.05) is 62.5 Å². The molecule has 0 aliphatic rings. The van der Waals surface area contributed by atoms with Crippen molar-refractivity contribution in [1.29, 1.82) is 5.26 Å². The lowest BCUT2D eigenvalue weighted by Crippen LogP contribution is -2.34. The van der Waals surface area contributed by atoms with Gasteiger partial charge in [-0.2, -0.15) is 5.26 Å². The zero-order valence-corrected chi connectivity index (χ0v) is 23.1. The Bertz CT molecular complexity index is 1100. The number of aliphatic imine (C=N–C) groups is 1. The Morgan fingerprint density at radius 3 is 2.37 bits per heavy atom. The first kappa shape index (κ1) is 30.2. The third-order valence-electron chi connectivity index (χ3n) is 5.72. The molecule has 9 heteroatoms. The summed E-state index contributed by atoms with van der Waals surface area (Å²) in [5, 5.41) is 12.4. The van der Waals surface area contributed by atoms with Crippen LogP contribution in [0.15, 0.2) is 53.5 Å². The van der Waals surface area contributed by atoms with Crippen molar-refractivity contribution in [1.82, 2.24) is 10.2 Å². The molecule has 0 unspecified atom stereocenters. The first-order chi connectivity index (χ1) is 18.2. The lowest BCUT2D eigenvalue weighted by atomic mass is 10.1. The Kier molecular flexibility index (Phi) is 12.7. The van der Waals surface area contributed by atoms with Crippen LogP contribution in [0.5, 0.6) is 11.5 Å². The van der Waals surface area contributed by atoms with Gasteiger partial charge in [-0.15, -0.1) is 0 Å². The van der Waals surface area contributed by atoms with E-state index in [1.165, 1.54) is 4.90 Å². The summed E-state index contributed by atoms with van der Waals surface area (Å²) in [5.74, 6) is 1.72. The summed E-state index contributed by atoms with van der Waals surface area (Å²) in [5.41, 5.74) is 8.65. The lowest BCUT2D eigenvalue weighted by molar-refractivity contribution is -0.120. The number of nitriles is 1. The number of anilines is 1. The minimum atomic E-state index is -0.0164. The molecule has 0 bridgehead atoms. The van der Waals surface area contributed by atoms with E-state index in [4.69, 9.17) is 15.2 Å². The third-order valence-corrected chi connectivity index (χ3v) is 5.72. The van der Waals surface area contributed by atoms with Crippen LogP contribution in [-0.2, 0) is 11.2 Å². The Labute approximate surface area is 226 Å². The predicted octanol–water partition coefficient (Wildman–Crippen LogP) is 3.80. The fraction of sp³-hybridized carbons (Fsp3) is 0.414. The average molecular weight is 521 g/mol. The molecule has 1 amide bonds. The van der Waals surface area contributed by atoms with Crippen molar-refractivity contribution in [2.45, 2.75) is 39.2 Å². The minimum absolute atomic E-state index is 0.00473. The van der Waals surface area contributed by atoms with Gasteiger partial charge in [-0.1, -0.05) is 24.3 Å². The number of carbonyl (C=O) groups excluding carboxylic acids is 1. The van der Waals surface area contributed by atoms with Gasteiger partial charge >= 0.3 is 0 Å². The number of benzene rings is 2. The van der Waals surface area contributed by atoms with Gasteiger partial charge in [0.15, 0.2) is 6.19 Å². The van der Waals surface area contributed by atoms with E-state index in [9.17, 15) is 10.1 Å². The van der Waals surface area contributed by atoms with Crippen molar-refractivity contribution in [3.8, 4) is 17.7 Å². The van der Waals surface area contributed by atoms with Crippen LogP contribution >= 0.6 is 0 Å². The molecule has 0 aliphatic carbocycles. The van der Waals surface area contributed by atoms with E-state index in [0.717, 1.165) is 48.6 Å². The summed E-state index contributed by atoms with van der Waals surface area (Å²) >= 11 is 0. The second kappa shape index (κ2) is 15.9. The standard InChI is InChI=1S/C29H40N6O3/c1-22(2)33-29(31)35(21-30)25-12-10-23(11-13-25)8-6-9-28(36)32-15-7-16-34(3)17-14-24-18-26(37-4)20-27(19-24)38-5/h6,8,10-13,18-20,22H,7,9,14-17H2,1-5H3,(H2,31,33)(H,32,36)/b8-6+. The molecule has 2 rings (SSSR count). The molecule has 2 aromatic rings. The molecule has 0 atom stereocenters. The molecule has 0 fully saturated rings. The summed E-state index contributed by atoms with van der Waals surface area (Å²) in [7, 11) is 5.38. The van der Waals surface area contributed by atoms with Crippen molar-refractivity contribution >= 4 is 23.6 Å². The van der Waals surface area contributed by atoms with Crippen molar-refractivity contribution in [3.63, 3.8) is 0 Å². The number of nitrogens with one attached hydrogen (secondary N) is 1. The first-order valence-electron chi connectivity index (χ1n) is 12.7. The van der Waals surface area contributed by atoms with Gasteiger partial charge in [0.25, 0.3) is 0 Å². The van der Waals surface area contributed by atoms with Crippen molar-refractivity contribution in [2.24, 2.45) is 10.7 Å². The fourth-order valence-corrected chi connectivity index (χ4v) is 3.69. The molecule has 3 N–H and O–H groups in total. The largest absolute Gasteiger partial charge is 0.497 e. The number of hydrogen-bond donors (Lipinski definition) is 2. The summed E-state index contributed by atoms with van der Waals surface area (Å²) < 4.78 is 10.7. The van der Waals surface area contributed by atoms with E-state index in [0.29, 0.717) is 18.7 Å². The molecule has 0 spiro atoms. The van der Waals surface area contributed by atoms with Gasteiger partial charge in [0.2, 0.25) is 11.9 Å². The molecular formula is C29H40N6O3. The van der Waals surface area contributed by atoms with E-state index >= 15 is 0 Å². The Balaban J connectivity index is 1.70. The highest BCUT2D eigenvalue weighted by molar-refractivity contribution is 5.97. The van der Waals surface area contributed by atoms with Crippen LogP contribution in [-0.4, -0.2) is 63.7 Å². The number of likely N-dealkylation sites (N-methyl/N-ethyl adjacent to an activating group) is 1. The molecule has 0 saturated carbocycles. The van der Waals surface area contributed by atoms with Crippen LogP contribution in [0, 0.1) is 11.5 Å². The normalized spacial score (nSPS) is 11.6. The van der Waals surface area contributed by atoms with Crippen LogP contribution < -0.4 is 25.4 Å². The van der Waals surface area contributed by atoms with Gasteiger partial charge in [0, 0.05) is 31.6 Å². The molecule has 0 aromatic heterocycles. The molecule has 0 saturated heterocycles. The van der Waals surface area contributed by atoms with Crippen molar-refractivity contribution in [2.75, 3.05) is 45.8 Å². The van der Waals surface area contributed by atoms with E-state index in [1.54, 1.807) is 26.4 Å².